The second-order valence-electron chi connectivity index (χ2n) is 7.55. The summed E-state index contributed by atoms with van der Waals surface area (Å²) in [6.45, 7) is 4.46. The normalized spacial score (nSPS) is 17.9. The second-order valence-corrected chi connectivity index (χ2v) is 7.55. The molecule has 1 saturated heterocycles. The lowest BCUT2D eigenvalue weighted by molar-refractivity contribution is 0.350. The molecule has 0 amide bonds. The van der Waals surface area contributed by atoms with E-state index in [0.29, 0.717) is 17.6 Å². The highest BCUT2D eigenvalue weighted by molar-refractivity contribution is 6.02. The van der Waals surface area contributed by atoms with Crippen molar-refractivity contribution in [2.24, 2.45) is 11.5 Å². The van der Waals surface area contributed by atoms with Crippen molar-refractivity contribution in [3.05, 3.63) is 48.2 Å². The molecule has 1 unspecified atom stereocenters. The first-order chi connectivity index (χ1) is 14.0. The fourth-order valence-electron chi connectivity index (χ4n) is 4.13. The molecule has 1 fully saturated rings. The molecule has 0 spiro atoms. The number of likely N-dealkylation sites (N-methyl/N-ethyl adjacent to an activating group) is 1. The molecular weight excluding hydrogens is 366 g/mol. The zero-order valence-corrected chi connectivity index (χ0v) is 16.8. The fourth-order valence-corrected chi connectivity index (χ4v) is 4.13. The van der Waals surface area contributed by atoms with Gasteiger partial charge in [0.1, 0.15) is 30.1 Å². The van der Waals surface area contributed by atoms with Crippen molar-refractivity contribution >= 4 is 16.9 Å². The predicted octanol–water partition coefficient (Wildman–Crippen LogP) is 2.00. The standard InChI is InChI=1S/C21H27N7O/c1-13-18(14-3-5-17(6-4-14)29-11-15(23)9-22)19-20(24)25-12-26-21(19)28(13)16-7-8-27(2)10-16/h3-6,9,12,16H,7-8,10-11,22-23H2,1-2H3,(H2,24,25,26)/b15-9-. The van der Waals surface area contributed by atoms with Crippen LogP contribution in [0.25, 0.3) is 22.2 Å². The van der Waals surface area contributed by atoms with E-state index < -0.39 is 0 Å². The first-order valence-electron chi connectivity index (χ1n) is 9.68. The third-order valence-corrected chi connectivity index (χ3v) is 5.55. The number of anilines is 1. The van der Waals surface area contributed by atoms with Crippen LogP contribution in [0.15, 0.2) is 42.5 Å². The van der Waals surface area contributed by atoms with Crippen LogP contribution in [0.1, 0.15) is 18.2 Å². The largest absolute Gasteiger partial charge is 0.487 e. The van der Waals surface area contributed by atoms with Gasteiger partial charge in [0.2, 0.25) is 0 Å². The number of benzene rings is 1. The van der Waals surface area contributed by atoms with Gasteiger partial charge in [-0.2, -0.15) is 0 Å². The third-order valence-electron chi connectivity index (χ3n) is 5.55. The topological polar surface area (TPSA) is 121 Å². The van der Waals surface area contributed by atoms with E-state index in [1.165, 1.54) is 6.20 Å². The Morgan fingerprint density at radius 1 is 1.28 bits per heavy atom. The lowest BCUT2D eigenvalue weighted by atomic mass is 10.0. The summed E-state index contributed by atoms with van der Waals surface area (Å²) < 4.78 is 7.98. The second kappa shape index (κ2) is 7.63. The molecule has 152 valence electrons. The number of fused-ring (bicyclic) bond motifs is 1. The van der Waals surface area contributed by atoms with Gasteiger partial charge in [-0.25, -0.2) is 9.97 Å². The lowest BCUT2D eigenvalue weighted by Gasteiger charge is -2.16. The van der Waals surface area contributed by atoms with Gasteiger partial charge in [-0.3, -0.25) is 0 Å². The Balaban J connectivity index is 1.77. The van der Waals surface area contributed by atoms with Crippen LogP contribution in [-0.2, 0) is 0 Å². The molecule has 2 aromatic heterocycles. The molecule has 0 bridgehead atoms. The number of nitrogen functional groups attached to an aromatic ring is 1. The van der Waals surface area contributed by atoms with Gasteiger partial charge in [0.15, 0.2) is 0 Å². The average molecular weight is 393 g/mol. The minimum absolute atomic E-state index is 0.254. The van der Waals surface area contributed by atoms with Crippen LogP contribution in [0.3, 0.4) is 0 Å². The predicted molar refractivity (Wildman–Crippen MR) is 115 cm³/mol. The molecule has 0 radical (unpaired) electrons. The third kappa shape index (κ3) is 3.47. The number of nitrogens with zero attached hydrogens (tertiary/aromatic N) is 4. The Morgan fingerprint density at radius 2 is 2.03 bits per heavy atom. The van der Waals surface area contributed by atoms with Crippen LogP contribution in [0.5, 0.6) is 5.75 Å². The van der Waals surface area contributed by atoms with Crippen LogP contribution in [0.4, 0.5) is 5.82 Å². The molecular formula is C21H27N7O. The van der Waals surface area contributed by atoms with Crippen LogP contribution < -0.4 is 21.9 Å². The van der Waals surface area contributed by atoms with Crippen molar-refractivity contribution in [2.75, 3.05) is 32.5 Å². The van der Waals surface area contributed by atoms with Crippen LogP contribution in [-0.4, -0.2) is 46.2 Å². The van der Waals surface area contributed by atoms with Gasteiger partial charge in [0.05, 0.1) is 11.1 Å². The Labute approximate surface area is 170 Å². The van der Waals surface area contributed by atoms with E-state index in [4.69, 9.17) is 21.9 Å². The number of nitrogens with two attached hydrogens (primary N) is 3. The number of hydrogen-bond acceptors (Lipinski definition) is 7. The van der Waals surface area contributed by atoms with Gasteiger partial charge >= 0.3 is 0 Å². The van der Waals surface area contributed by atoms with Gasteiger partial charge in [0.25, 0.3) is 0 Å². The maximum Gasteiger partial charge on any atom is 0.146 e. The van der Waals surface area contributed by atoms with Gasteiger partial charge < -0.3 is 31.4 Å². The molecule has 4 rings (SSSR count). The summed E-state index contributed by atoms with van der Waals surface area (Å²) in [5, 5.41) is 0.906. The summed E-state index contributed by atoms with van der Waals surface area (Å²) in [6, 6.07) is 8.27. The minimum Gasteiger partial charge on any atom is -0.487 e. The van der Waals surface area contributed by atoms with Crippen molar-refractivity contribution < 1.29 is 4.74 Å². The first kappa shape index (κ1) is 19.1. The number of likely N-dealkylation sites (tertiary alicyclic amines) is 1. The Hall–Kier alpha value is -3.26. The van der Waals surface area contributed by atoms with Gasteiger partial charge in [-0.1, -0.05) is 12.1 Å². The van der Waals surface area contributed by atoms with E-state index in [9.17, 15) is 0 Å². The number of ether oxygens (including phenoxy) is 1. The number of rotatable bonds is 5. The molecule has 1 aromatic carbocycles. The molecule has 6 N–H and O–H groups in total. The van der Waals surface area contributed by atoms with Crippen LogP contribution >= 0.6 is 0 Å². The quantitative estimate of drug-likeness (QED) is 0.606. The molecule has 1 aliphatic heterocycles. The Kier molecular flexibility index (Phi) is 5.02. The first-order valence-corrected chi connectivity index (χ1v) is 9.68. The lowest BCUT2D eigenvalue weighted by Crippen LogP contribution is -2.17. The molecule has 0 aliphatic carbocycles. The SMILES string of the molecule is Cc1c(-c2ccc(OC/C(N)=C/N)cc2)c2c(N)ncnc2n1C1CCN(C)C1. The Bertz CT molecular complexity index is 1060. The van der Waals surface area contributed by atoms with E-state index in [2.05, 4.69) is 33.4 Å². The number of hydrogen-bond donors (Lipinski definition) is 3. The molecule has 1 atom stereocenters. The van der Waals surface area contributed by atoms with Crippen molar-refractivity contribution in [1.82, 2.24) is 19.4 Å². The van der Waals surface area contributed by atoms with Crippen LogP contribution in [0, 0.1) is 6.92 Å². The monoisotopic (exact) mass is 393 g/mol. The number of aromatic nitrogens is 3. The smallest absolute Gasteiger partial charge is 0.146 e. The summed E-state index contributed by atoms with van der Waals surface area (Å²) in [4.78, 5) is 11.2. The fraction of sp³-hybridized carbons (Fsp3) is 0.333. The van der Waals surface area contributed by atoms with E-state index in [0.717, 1.165) is 53.1 Å². The van der Waals surface area contributed by atoms with E-state index in [1.54, 1.807) is 6.33 Å². The molecule has 0 saturated carbocycles. The van der Waals surface area contributed by atoms with Gasteiger partial charge in [-0.05, 0) is 44.6 Å². The maximum absolute atomic E-state index is 6.30. The van der Waals surface area contributed by atoms with Gasteiger partial charge in [-0.15, -0.1) is 0 Å². The van der Waals surface area contributed by atoms with Crippen molar-refractivity contribution in [1.29, 1.82) is 0 Å². The highest BCUT2D eigenvalue weighted by Crippen LogP contribution is 2.39. The minimum atomic E-state index is 0.254. The summed E-state index contributed by atoms with van der Waals surface area (Å²) in [7, 11) is 2.15. The van der Waals surface area contributed by atoms with Crippen LogP contribution in [0.2, 0.25) is 0 Å². The van der Waals surface area contributed by atoms with Crippen molar-refractivity contribution in [3.8, 4) is 16.9 Å². The molecule has 8 heteroatoms. The van der Waals surface area contributed by atoms with Crippen molar-refractivity contribution in [2.45, 2.75) is 19.4 Å². The van der Waals surface area contributed by atoms with E-state index >= 15 is 0 Å². The summed E-state index contributed by atoms with van der Waals surface area (Å²) in [6.07, 6.45) is 3.98. The zero-order valence-electron chi connectivity index (χ0n) is 16.8. The highest BCUT2D eigenvalue weighted by atomic mass is 16.5. The zero-order chi connectivity index (χ0) is 20.5. The molecule has 1 aliphatic rings. The van der Waals surface area contributed by atoms with E-state index in [-0.39, 0.29) is 6.61 Å². The average Bonchev–Trinajstić information content (AvgIpc) is 3.27. The maximum atomic E-state index is 6.30. The highest BCUT2D eigenvalue weighted by Gasteiger charge is 2.28. The van der Waals surface area contributed by atoms with E-state index in [1.807, 2.05) is 24.3 Å². The molecule has 8 nitrogen and oxygen atoms in total. The molecule has 29 heavy (non-hydrogen) atoms. The van der Waals surface area contributed by atoms with Crippen molar-refractivity contribution in [3.63, 3.8) is 0 Å². The Morgan fingerprint density at radius 3 is 2.69 bits per heavy atom. The summed E-state index contributed by atoms with van der Waals surface area (Å²) in [5.41, 5.74) is 22.0. The summed E-state index contributed by atoms with van der Waals surface area (Å²) >= 11 is 0. The summed E-state index contributed by atoms with van der Waals surface area (Å²) in [5.74, 6) is 1.22. The molecule has 3 aromatic rings. The van der Waals surface area contributed by atoms with Gasteiger partial charge in [0, 0.05) is 30.0 Å². The molecule has 3 heterocycles.